The van der Waals surface area contributed by atoms with Gasteiger partial charge in [0.05, 0.1) is 42.0 Å². The van der Waals surface area contributed by atoms with Crippen molar-refractivity contribution >= 4 is 29.5 Å². The maximum absolute atomic E-state index is 13.3. The SMILES string of the molecule is COC(=O)C1C(C)=NC(C)=C(C(=O)OCCN2C(=O)c3ccccc3C2=O)C1c1cccc(C#N)c1. The zero-order valence-electron chi connectivity index (χ0n) is 20.0. The first-order valence-electron chi connectivity index (χ1n) is 11.2. The average Bonchev–Trinajstić information content (AvgIpc) is 3.12. The van der Waals surface area contributed by atoms with Crippen LogP contribution in [-0.4, -0.2) is 54.6 Å². The first-order chi connectivity index (χ1) is 17.3. The van der Waals surface area contributed by atoms with E-state index in [1.165, 1.54) is 7.11 Å². The van der Waals surface area contributed by atoms with Crippen LogP contribution in [0.2, 0.25) is 0 Å². The molecule has 4 rings (SSSR count). The number of nitrogens with zero attached hydrogens (tertiary/aromatic N) is 3. The zero-order chi connectivity index (χ0) is 26.0. The predicted octanol–water partition coefficient (Wildman–Crippen LogP) is 3.02. The first-order valence-corrected chi connectivity index (χ1v) is 11.2. The number of amides is 2. The fraction of sp³-hybridized carbons (Fsp3) is 0.259. The molecule has 0 saturated carbocycles. The molecule has 2 atom stereocenters. The fourth-order valence-corrected chi connectivity index (χ4v) is 4.65. The molecule has 36 heavy (non-hydrogen) atoms. The molecular weight excluding hydrogens is 462 g/mol. The maximum Gasteiger partial charge on any atom is 0.336 e. The highest BCUT2D eigenvalue weighted by atomic mass is 16.5. The third-order valence-corrected chi connectivity index (χ3v) is 6.30. The third kappa shape index (κ3) is 4.29. The van der Waals surface area contributed by atoms with Crippen molar-refractivity contribution in [2.45, 2.75) is 19.8 Å². The Kier molecular flexibility index (Phi) is 6.79. The number of hydrogen-bond donors (Lipinski definition) is 0. The second kappa shape index (κ2) is 9.96. The van der Waals surface area contributed by atoms with Gasteiger partial charge in [-0.15, -0.1) is 0 Å². The summed E-state index contributed by atoms with van der Waals surface area (Å²) in [6.07, 6.45) is 0. The van der Waals surface area contributed by atoms with E-state index in [1.807, 2.05) is 0 Å². The molecule has 2 unspecified atom stereocenters. The standard InChI is InChI=1S/C27H23N3O6/c1-15-21(26(33)35-3)23(18-8-6-7-17(13-18)14-28)22(16(2)29-15)27(34)36-12-11-30-24(31)19-9-4-5-10-20(19)25(30)32/h4-10,13,21,23H,11-12H2,1-3H3. The van der Waals surface area contributed by atoms with E-state index in [4.69, 9.17) is 9.47 Å². The molecular formula is C27H23N3O6. The van der Waals surface area contributed by atoms with Crippen molar-refractivity contribution in [3.8, 4) is 6.07 Å². The number of carbonyl (C=O) groups is 4. The highest BCUT2D eigenvalue weighted by molar-refractivity contribution is 6.21. The zero-order valence-corrected chi connectivity index (χ0v) is 20.0. The van der Waals surface area contributed by atoms with Crippen LogP contribution in [0.15, 0.2) is 64.8 Å². The van der Waals surface area contributed by atoms with Gasteiger partial charge in [-0.1, -0.05) is 24.3 Å². The van der Waals surface area contributed by atoms with E-state index in [2.05, 4.69) is 11.1 Å². The van der Waals surface area contributed by atoms with Crippen molar-refractivity contribution in [2.75, 3.05) is 20.3 Å². The third-order valence-electron chi connectivity index (χ3n) is 6.30. The van der Waals surface area contributed by atoms with Crippen LogP contribution in [-0.2, 0) is 19.1 Å². The summed E-state index contributed by atoms with van der Waals surface area (Å²) >= 11 is 0. The Morgan fingerprint density at radius 3 is 2.33 bits per heavy atom. The molecule has 9 heteroatoms. The number of imide groups is 1. The summed E-state index contributed by atoms with van der Waals surface area (Å²) in [5.74, 6) is -3.90. The van der Waals surface area contributed by atoms with Gasteiger partial charge in [0.15, 0.2) is 0 Å². The Balaban J connectivity index is 1.59. The van der Waals surface area contributed by atoms with Gasteiger partial charge in [0.2, 0.25) is 0 Å². The minimum atomic E-state index is -0.897. The molecule has 9 nitrogen and oxygen atoms in total. The molecule has 0 fully saturated rings. The van der Waals surface area contributed by atoms with Crippen LogP contribution in [0.3, 0.4) is 0 Å². The first kappa shape index (κ1) is 24.5. The quantitative estimate of drug-likeness (QED) is 0.455. The molecule has 182 valence electrons. The summed E-state index contributed by atoms with van der Waals surface area (Å²) in [6, 6.07) is 15.2. The normalized spacial score (nSPS) is 18.9. The topological polar surface area (TPSA) is 126 Å². The Labute approximate surface area is 207 Å². The van der Waals surface area contributed by atoms with Crippen LogP contribution < -0.4 is 0 Å². The van der Waals surface area contributed by atoms with Crippen LogP contribution in [0.5, 0.6) is 0 Å². The summed E-state index contributed by atoms with van der Waals surface area (Å²) in [6.45, 7) is 2.95. The highest BCUT2D eigenvalue weighted by Gasteiger charge is 2.42. The van der Waals surface area contributed by atoms with E-state index in [0.29, 0.717) is 33.7 Å². The summed E-state index contributed by atoms with van der Waals surface area (Å²) in [7, 11) is 1.25. The molecule has 0 radical (unpaired) electrons. The van der Waals surface area contributed by atoms with Gasteiger partial charge in [0, 0.05) is 17.3 Å². The van der Waals surface area contributed by atoms with Crippen LogP contribution in [0.1, 0.15) is 51.6 Å². The summed E-state index contributed by atoms with van der Waals surface area (Å²) < 4.78 is 10.5. The molecule has 2 aromatic rings. The Morgan fingerprint density at radius 2 is 1.72 bits per heavy atom. The van der Waals surface area contributed by atoms with Gasteiger partial charge < -0.3 is 9.47 Å². The number of fused-ring (bicyclic) bond motifs is 1. The maximum atomic E-state index is 13.3. The number of benzene rings is 2. The molecule has 2 aliphatic rings. The molecule has 0 bridgehead atoms. The van der Waals surface area contributed by atoms with Crippen molar-refractivity contribution in [2.24, 2.45) is 10.9 Å². The second-order valence-corrected chi connectivity index (χ2v) is 8.41. The molecule has 0 aromatic heterocycles. The number of carbonyl (C=O) groups excluding carboxylic acids is 4. The van der Waals surface area contributed by atoms with Crippen molar-refractivity contribution in [1.29, 1.82) is 5.26 Å². The lowest BCUT2D eigenvalue weighted by Gasteiger charge is -2.31. The minimum Gasteiger partial charge on any atom is -0.468 e. The Hall–Kier alpha value is -4.58. The van der Waals surface area contributed by atoms with Gasteiger partial charge in [-0.3, -0.25) is 24.3 Å². The number of ether oxygens (including phenoxy) is 2. The van der Waals surface area contributed by atoms with E-state index in [1.54, 1.807) is 62.4 Å². The lowest BCUT2D eigenvalue weighted by Crippen LogP contribution is -2.37. The number of aliphatic imine (C=N–C) groups is 1. The van der Waals surface area contributed by atoms with E-state index < -0.39 is 35.6 Å². The van der Waals surface area contributed by atoms with E-state index >= 15 is 0 Å². The van der Waals surface area contributed by atoms with E-state index in [0.717, 1.165) is 4.90 Å². The van der Waals surface area contributed by atoms with Gasteiger partial charge in [0.25, 0.3) is 11.8 Å². The lowest BCUT2D eigenvalue weighted by molar-refractivity contribution is -0.144. The van der Waals surface area contributed by atoms with E-state index in [9.17, 15) is 24.4 Å². The number of allylic oxidation sites excluding steroid dienone is 1. The van der Waals surface area contributed by atoms with Gasteiger partial charge in [-0.25, -0.2) is 4.79 Å². The largest absolute Gasteiger partial charge is 0.468 e. The van der Waals surface area contributed by atoms with Crippen molar-refractivity contribution in [3.05, 3.63) is 82.1 Å². The van der Waals surface area contributed by atoms with Crippen LogP contribution in [0, 0.1) is 17.2 Å². The monoisotopic (exact) mass is 485 g/mol. The van der Waals surface area contributed by atoms with Crippen LogP contribution in [0.4, 0.5) is 0 Å². The summed E-state index contributed by atoms with van der Waals surface area (Å²) in [5, 5.41) is 9.36. The molecule has 2 heterocycles. The molecule has 0 N–H and O–H groups in total. The summed E-state index contributed by atoms with van der Waals surface area (Å²) in [4.78, 5) is 56.6. The van der Waals surface area contributed by atoms with Gasteiger partial charge in [0.1, 0.15) is 12.5 Å². The number of nitriles is 1. The highest BCUT2D eigenvalue weighted by Crippen LogP contribution is 2.40. The molecule has 0 saturated heterocycles. The number of esters is 2. The lowest BCUT2D eigenvalue weighted by atomic mass is 9.75. The van der Waals surface area contributed by atoms with Gasteiger partial charge in [-0.05, 0) is 43.7 Å². The summed E-state index contributed by atoms with van der Waals surface area (Å²) in [5.41, 5.74) is 2.52. The predicted molar refractivity (Wildman–Crippen MR) is 128 cm³/mol. The molecule has 2 aliphatic heterocycles. The Bertz CT molecular complexity index is 1350. The van der Waals surface area contributed by atoms with Crippen molar-refractivity contribution in [3.63, 3.8) is 0 Å². The smallest absolute Gasteiger partial charge is 0.336 e. The van der Waals surface area contributed by atoms with Crippen molar-refractivity contribution in [1.82, 2.24) is 4.90 Å². The van der Waals surface area contributed by atoms with E-state index in [-0.39, 0.29) is 18.7 Å². The molecule has 0 aliphatic carbocycles. The van der Waals surface area contributed by atoms with Gasteiger partial charge >= 0.3 is 11.9 Å². The number of hydrogen-bond acceptors (Lipinski definition) is 8. The Morgan fingerprint density at radius 1 is 1.06 bits per heavy atom. The fourth-order valence-electron chi connectivity index (χ4n) is 4.65. The molecule has 0 spiro atoms. The van der Waals surface area contributed by atoms with Crippen LogP contribution in [0.25, 0.3) is 0 Å². The molecule has 2 amide bonds. The number of rotatable bonds is 6. The average molecular weight is 485 g/mol. The number of methoxy groups -OCH3 is 1. The van der Waals surface area contributed by atoms with Crippen LogP contribution >= 0.6 is 0 Å². The van der Waals surface area contributed by atoms with Gasteiger partial charge in [-0.2, -0.15) is 5.26 Å². The molecule has 2 aromatic carbocycles. The minimum absolute atomic E-state index is 0.123. The second-order valence-electron chi connectivity index (χ2n) is 8.41. The van der Waals surface area contributed by atoms with Crippen molar-refractivity contribution < 1.29 is 28.7 Å².